The number of rotatable bonds is 2. The van der Waals surface area contributed by atoms with Crippen molar-refractivity contribution in [2.24, 2.45) is 0 Å². The highest BCUT2D eigenvalue weighted by molar-refractivity contribution is 5.94. The molecule has 0 saturated carbocycles. The highest BCUT2D eigenvalue weighted by Gasteiger charge is 2.15. The van der Waals surface area contributed by atoms with Crippen LogP contribution in [0.4, 0.5) is 0 Å². The largest absolute Gasteiger partial charge is 0.504 e. The van der Waals surface area contributed by atoms with Gasteiger partial charge in [0.25, 0.3) is 0 Å². The first-order chi connectivity index (χ1) is 8.54. The second-order valence-electron chi connectivity index (χ2n) is 3.64. The van der Waals surface area contributed by atoms with E-state index in [1.807, 2.05) is 0 Å². The lowest BCUT2D eigenvalue weighted by atomic mass is 10.1. The number of hydrogen-bond donors (Lipinski definition) is 3. The van der Waals surface area contributed by atoms with Crippen LogP contribution in [0.2, 0.25) is 0 Å². The lowest BCUT2D eigenvalue weighted by Crippen LogP contribution is -2.18. The zero-order chi connectivity index (χ0) is 13.3. The standard InChI is InChI=1S/C12H11NO5/c1-2-18-12(17)7-5-13-8-4-10(15)9(14)3-6(8)11(7)16/h3-5,14-15H,2H2,1H3,(H,13,16). The van der Waals surface area contributed by atoms with Crippen LogP contribution in [0, 0.1) is 0 Å². The molecule has 1 aromatic carbocycles. The molecule has 0 saturated heterocycles. The summed E-state index contributed by atoms with van der Waals surface area (Å²) in [5.74, 6) is -1.50. The van der Waals surface area contributed by atoms with Gasteiger partial charge in [-0.2, -0.15) is 0 Å². The number of ether oxygens (including phenoxy) is 1. The van der Waals surface area contributed by atoms with Crippen molar-refractivity contribution < 1.29 is 19.7 Å². The summed E-state index contributed by atoms with van der Waals surface area (Å²) < 4.78 is 4.74. The fourth-order valence-electron chi connectivity index (χ4n) is 1.61. The van der Waals surface area contributed by atoms with Gasteiger partial charge in [0, 0.05) is 12.3 Å². The van der Waals surface area contributed by atoms with E-state index in [9.17, 15) is 19.8 Å². The lowest BCUT2D eigenvalue weighted by molar-refractivity contribution is 0.0524. The fourth-order valence-corrected chi connectivity index (χ4v) is 1.61. The van der Waals surface area contributed by atoms with E-state index in [4.69, 9.17) is 4.74 Å². The topological polar surface area (TPSA) is 99.6 Å². The van der Waals surface area contributed by atoms with Crippen molar-refractivity contribution in [3.8, 4) is 11.5 Å². The van der Waals surface area contributed by atoms with Crippen molar-refractivity contribution in [3.05, 3.63) is 34.1 Å². The third kappa shape index (κ3) is 1.88. The average molecular weight is 249 g/mol. The van der Waals surface area contributed by atoms with Gasteiger partial charge in [-0.15, -0.1) is 0 Å². The van der Waals surface area contributed by atoms with Crippen molar-refractivity contribution in [2.45, 2.75) is 6.92 Å². The van der Waals surface area contributed by atoms with Gasteiger partial charge in [0.2, 0.25) is 5.43 Å². The first-order valence-electron chi connectivity index (χ1n) is 5.29. The summed E-state index contributed by atoms with van der Waals surface area (Å²) >= 11 is 0. The third-order valence-electron chi connectivity index (χ3n) is 2.47. The number of hydrogen-bond acceptors (Lipinski definition) is 5. The van der Waals surface area contributed by atoms with E-state index in [1.165, 1.54) is 12.3 Å². The maximum absolute atomic E-state index is 12.0. The number of aromatic amines is 1. The third-order valence-corrected chi connectivity index (χ3v) is 2.47. The number of H-pyrrole nitrogens is 1. The Kier molecular flexibility index (Phi) is 2.93. The van der Waals surface area contributed by atoms with Crippen molar-refractivity contribution in [3.63, 3.8) is 0 Å². The number of benzene rings is 1. The lowest BCUT2D eigenvalue weighted by Gasteiger charge is -2.04. The van der Waals surface area contributed by atoms with Gasteiger partial charge in [0.15, 0.2) is 11.5 Å². The van der Waals surface area contributed by atoms with Gasteiger partial charge in [-0.1, -0.05) is 0 Å². The number of nitrogens with one attached hydrogen (secondary N) is 1. The summed E-state index contributed by atoms with van der Waals surface area (Å²) in [7, 11) is 0. The summed E-state index contributed by atoms with van der Waals surface area (Å²) in [6, 6.07) is 2.31. The summed E-state index contributed by atoms with van der Waals surface area (Å²) in [5.41, 5.74) is -0.379. The summed E-state index contributed by atoms with van der Waals surface area (Å²) in [5, 5.41) is 18.8. The van der Waals surface area contributed by atoms with E-state index in [-0.39, 0.29) is 23.3 Å². The van der Waals surface area contributed by atoms with Crippen molar-refractivity contribution in [1.82, 2.24) is 4.98 Å². The Morgan fingerprint density at radius 1 is 1.33 bits per heavy atom. The Bertz CT molecular complexity index is 674. The zero-order valence-electron chi connectivity index (χ0n) is 9.56. The van der Waals surface area contributed by atoms with Crippen LogP contribution in [-0.4, -0.2) is 27.8 Å². The highest BCUT2D eigenvalue weighted by atomic mass is 16.5. The number of aromatic hydroxyl groups is 2. The molecule has 0 atom stereocenters. The monoisotopic (exact) mass is 249 g/mol. The van der Waals surface area contributed by atoms with E-state index in [2.05, 4.69) is 4.98 Å². The summed E-state index contributed by atoms with van der Waals surface area (Å²) in [6.45, 7) is 1.80. The molecule has 6 heteroatoms. The smallest absolute Gasteiger partial charge is 0.343 e. The second kappa shape index (κ2) is 4.40. The van der Waals surface area contributed by atoms with Gasteiger partial charge < -0.3 is 19.9 Å². The predicted molar refractivity (Wildman–Crippen MR) is 63.9 cm³/mol. The molecule has 2 aromatic rings. The maximum Gasteiger partial charge on any atom is 0.343 e. The molecule has 0 amide bonds. The van der Waals surface area contributed by atoms with Crippen molar-refractivity contribution in [1.29, 1.82) is 0 Å². The predicted octanol–water partition coefficient (Wildman–Crippen LogP) is 1.12. The molecule has 0 aliphatic heterocycles. The number of carbonyl (C=O) groups excluding carboxylic acids is 1. The van der Waals surface area contributed by atoms with Crippen LogP contribution < -0.4 is 5.43 Å². The molecule has 0 fully saturated rings. The minimum absolute atomic E-state index is 0.107. The zero-order valence-corrected chi connectivity index (χ0v) is 9.56. The molecular weight excluding hydrogens is 238 g/mol. The van der Waals surface area contributed by atoms with Crippen LogP contribution in [0.25, 0.3) is 10.9 Å². The minimum Gasteiger partial charge on any atom is -0.504 e. The van der Waals surface area contributed by atoms with E-state index in [0.717, 1.165) is 6.07 Å². The molecule has 0 aliphatic rings. The SMILES string of the molecule is CCOC(=O)c1c[nH]c2cc(O)c(O)cc2c1=O. The molecule has 2 rings (SSSR count). The average Bonchev–Trinajstić information content (AvgIpc) is 2.32. The number of pyridine rings is 1. The fraction of sp³-hybridized carbons (Fsp3) is 0.167. The van der Waals surface area contributed by atoms with E-state index < -0.39 is 17.1 Å². The van der Waals surface area contributed by atoms with Crippen molar-refractivity contribution in [2.75, 3.05) is 6.61 Å². The van der Waals surface area contributed by atoms with Gasteiger partial charge in [0.05, 0.1) is 17.5 Å². The molecule has 1 heterocycles. The first kappa shape index (κ1) is 12.0. The van der Waals surface area contributed by atoms with Gasteiger partial charge in [-0.25, -0.2) is 4.79 Å². The van der Waals surface area contributed by atoms with Gasteiger partial charge in [-0.05, 0) is 13.0 Å². The Morgan fingerprint density at radius 2 is 2.00 bits per heavy atom. The second-order valence-corrected chi connectivity index (χ2v) is 3.64. The van der Waals surface area contributed by atoms with Crippen LogP contribution in [0.1, 0.15) is 17.3 Å². The molecule has 0 spiro atoms. The molecule has 18 heavy (non-hydrogen) atoms. The van der Waals surface area contributed by atoms with Crippen LogP contribution in [0.3, 0.4) is 0 Å². The highest BCUT2D eigenvalue weighted by Crippen LogP contribution is 2.27. The number of carbonyl (C=O) groups is 1. The Balaban J connectivity index is 2.68. The van der Waals surface area contributed by atoms with Gasteiger partial charge in [0.1, 0.15) is 5.56 Å². The first-order valence-corrected chi connectivity index (χ1v) is 5.29. The normalized spacial score (nSPS) is 10.5. The van der Waals surface area contributed by atoms with Gasteiger partial charge in [-0.3, -0.25) is 4.79 Å². The molecular formula is C12H11NO5. The van der Waals surface area contributed by atoms with Crippen LogP contribution in [0.15, 0.2) is 23.1 Å². The van der Waals surface area contributed by atoms with Crippen LogP contribution >= 0.6 is 0 Å². The number of esters is 1. The van der Waals surface area contributed by atoms with E-state index in [1.54, 1.807) is 6.92 Å². The number of aromatic nitrogens is 1. The number of phenols is 2. The minimum atomic E-state index is -0.729. The Morgan fingerprint density at radius 3 is 2.67 bits per heavy atom. The van der Waals surface area contributed by atoms with E-state index >= 15 is 0 Å². The molecule has 0 aliphatic carbocycles. The molecule has 6 nitrogen and oxygen atoms in total. The molecule has 3 N–H and O–H groups in total. The Hall–Kier alpha value is -2.50. The van der Waals surface area contributed by atoms with Crippen molar-refractivity contribution >= 4 is 16.9 Å². The van der Waals surface area contributed by atoms with Crippen LogP contribution in [-0.2, 0) is 4.74 Å². The number of phenolic OH excluding ortho intramolecular Hbond substituents is 2. The van der Waals surface area contributed by atoms with Crippen LogP contribution in [0.5, 0.6) is 11.5 Å². The molecule has 94 valence electrons. The van der Waals surface area contributed by atoms with Gasteiger partial charge >= 0.3 is 5.97 Å². The van der Waals surface area contributed by atoms with E-state index in [0.29, 0.717) is 5.52 Å². The molecule has 0 radical (unpaired) electrons. The quantitative estimate of drug-likeness (QED) is 0.547. The summed E-state index contributed by atoms with van der Waals surface area (Å²) in [4.78, 5) is 26.2. The molecule has 1 aromatic heterocycles. The Labute approximate surface area is 101 Å². The maximum atomic E-state index is 12.0. The molecule has 0 bridgehead atoms. The molecule has 0 unspecified atom stereocenters. The summed E-state index contributed by atoms with van der Waals surface area (Å²) in [6.07, 6.45) is 1.22. The number of fused-ring (bicyclic) bond motifs is 1.